The first-order chi connectivity index (χ1) is 14.7. The van der Waals surface area contributed by atoms with Crippen LogP contribution in [0, 0.1) is 0 Å². The molecule has 5 rings (SSSR count). The molecule has 0 atom stereocenters. The number of carbonyl (C=O) groups excluding carboxylic acids is 2. The minimum Gasteiger partial charge on any atom is -0.454 e. The quantitative estimate of drug-likeness (QED) is 0.654. The number of nitrogens with one attached hydrogen (secondary N) is 2. The predicted octanol–water partition coefficient (Wildman–Crippen LogP) is 2.99. The summed E-state index contributed by atoms with van der Waals surface area (Å²) >= 11 is 1.63. The molecule has 0 aliphatic carbocycles. The molecule has 2 amide bonds. The van der Waals surface area contributed by atoms with Crippen LogP contribution in [-0.4, -0.2) is 43.2 Å². The molecular formula is C21H20N4O4S. The number of hydrogen-bond donors (Lipinski definition) is 2. The summed E-state index contributed by atoms with van der Waals surface area (Å²) in [6, 6.07) is 10.6. The predicted molar refractivity (Wildman–Crippen MR) is 115 cm³/mol. The number of thiazole rings is 1. The molecule has 3 aromatic rings. The highest BCUT2D eigenvalue weighted by molar-refractivity contribution is 7.22. The van der Waals surface area contributed by atoms with E-state index in [2.05, 4.69) is 20.5 Å². The molecule has 0 bridgehead atoms. The lowest BCUT2D eigenvalue weighted by Crippen LogP contribution is -2.32. The van der Waals surface area contributed by atoms with Crippen LogP contribution < -0.4 is 25.0 Å². The van der Waals surface area contributed by atoms with Crippen molar-refractivity contribution in [2.45, 2.75) is 12.8 Å². The van der Waals surface area contributed by atoms with Gasteiger partial charge in [0.15, 0.2) is 16.6 Å². The number of ether oxygens (including phenoxy) is 2. The lowest BCUT2D eigenvalue weighted by atomic mass is 10.2. The summed E-state index contributed by atoms with van der Waals surface area (Å²) in [5.41, 5.74) is 2.02. The fourth-order valence-electron chi connectivity index (χ4n) is 3.54. The molecule has 2 aliphatic heterocycles. The van der Waals surface area contributed by atoms with Gasteiger partial charge in [-0.15, -0.1) is 0 Å². The lowest BCUT2D eigenvalue weighted by molar-refractivity contribution is -0.115. The SMILES string of the molecule is O=C(CNC(=O)c1ccc2c(c1)OCO2)Nc1ccc2nc(N3CCCC3)sc2c1. The highest BCUT2D eigenvalue weighted by Crippen LogP contribution is 2.33. The molecule has 8 nitrogen and oxygen atoms in total. The molecule has 9 heteroatoms. The molecule has 3 heterocycles. The molecule has 154 valence electrons. The van der Waals surface area contributed by atoms with Gasteiger partial charge in [-0.2, -0.15) is 0 Å². The second kappa shape index (κ2) is 7.83. The van der Waals surface area contributed by atoms with Crippen LogP contribution in [-0.2, 0) is 4.79 Å². The van der Waals surface area contributed by atoms with Crippen LogP contribution in [0.4, 0.5) is 10.8 Å². The summed E-state index contributed by atoms with van der Waals surface area (Å²) < 4.78 is 11.5. The van der Waals surface area contributed by atoms with Crippen molar-refractivity contribution >= 4 is 44.2 Å². The fraction of sp³-hybridized carbons (Fsp3) is 0.286. The molecule has 1 saturated heterocycles. The number of amides is 2. The Hall–Kier alpha value is -3.33. The van der Waals surface area contributed by atoms with Gasteiger partial charge in [-0.05, 0) is 49.2 Å². The minimum atomic E-state index is -0.350. The van der Waals surface area contributed by atoms with Crippen LogP contribution in [0.15, 0.2) is 36.4 Å². The largest absolute Gasteiger partial charge is 0.454 e. The third kappa shape index (κ3) is 3.76. The number of carbonyl (C=O) groups is 2. The van der Waals surface area contributed by atoms with Gasteiger partial charge in [0.2, 0.25) is 12.7 Å². The van der Waals surface area contributed by atoms with E-state index >= 15 is 0 Å². The summed E-state index contributed by atoms with van der Waals surface area (Å²) in [4.78, 5) is 31.6. The minimum absolute atomic E-state index is 0.132. The van der Waals surface area contributed by atoms with E-state index < -0.39 is 0 Å². The van der Waals surface area contributed by atoms with Crippen LogP contribution in [0.25, 0.3) is 10.2 Å². The maximum Gasteiger partial charge on any atom is 0.251 e. The highest BCUT2D eigenvalue weighted by atomic mass is 32.1. The second-order valence-corrected chi connectivity index (χ2v) is 8.18. The van der Waals surface area contributed by atoms with Gasteiger partial charge in [-0.3, -0.25) is 9.59 Å². The van der Waals surface area contributed by atoms with Crippen LogP contribution in [0.5, 0.6) is 11.5 Å². The van der Waals surface area contributed by atoms with E-state index in [1.165, 1.54) is 12.8 Å². The Kier molecular flexibility index (Phi) is 4.88. The van der Waals surface area contributed by atoms with Crippen molar-refractivity contribution in [3.05, 3.63) is 42.0 Å². The van der Waals surface area contributed by atoms with Crippen LogP contribution in [0.3, 0.4) is 0 Å². The first-order valence-electron chi connectivity index (χ1n) is 9.79. The van der Waals surface area contributed by atoms with E-state index in [1.807, 2.05) is 18.2 Å². The molecule has 2 aliphatic rings. The van der Waals surface area contributed by atoms with Gasteiger partial charge < -0.3 is 25.0 Å². The van der Waals surface area contributed by atoms with Crippen molar-refractivity contribution in [2.24, 2.45) is 0 Å². The van der Waals surface area contributed by atoms with Gasteiger partial charge in [-0.25, -0.2) is 4.98 Å². The van der Waals surface area contributed by atoms with E-state index in [9.17, 15) is 9.59 Å². The number of nitrogens with zero attached hydrogens (tertiary/aromatic N) is 2. The van der Waals surface area contributed by atoms with Crippen molar-refractivity contribution in [3.8, 4) is 11.5 Å². The summed E-state index contributed by atoms with van der Waals surface area (Å²) in [7, 11) is 0. The summed E-state index contributed by atoms with van der Waals surface area (Å²) in [6.45, 7) is 2.11. The molecule has 0 saturated carbocycles. The maximum atomic E-state index is 12.3. The third-order valence-electron chi connectivity index (χ3n) is 5.08. The van der Waals surface area contributed by atoms with Gasteiger partial charge in [-0.1, -0.05) is 11.3 Å². The highest BCUT2D eigenvalue weighted by Gasteiger charge is 2.18. The average Bonchev–Trinajstić information content (AvgIpc) is 3.51. The second-order valence-electron chi connectivity index (χ2n) is 7.17. The van der Waals surface area contributed by atoms with Crippen LogP contribution in [0.1, 0.15) is 23.2 Å². The molecule has 1 aromatic heterocycles. The zero-order chi connectivity index (χ0) is 20.5. The van der Waals surface area contributed by atoms with E-state index in [-0.39, 0.29) is 25.2 Å². The number of rotatable bonds is 5. The van der Waals surface area contributed by atoms with Gasteiger partial charge in [0.25, 0.3) is 5.91 Å². The Morgan fingerprint density at radius 2 is 1.90 bits per heavy atom. The zero-order valence-corrected chi connectivity index (χ0v) is 17.0. The van der Waals surface area contributed by atoms with Crippen LogP contribution in [0.2, 0.25) is 0 Å². The van der Waals surface area contributed by atoms with Gasteiger partial charge in [0, 0.05) is 24.3 Å². The Morgan fingerprint density at radius 1 is 1.07 bits per heavy atom. The monoisotopic (exact) mass is 424 g/mol. The summed E-state index contributed by atoms with van der Waals surface area (Å²) in [5, 5.41) is 6.48. The molecule has 2 aromatic carbocycles. The third-order valence-corrected chi connectivity index (χ3v) is 6.16. The van der Waals surface area contributed by atoms with Crippen molar-refractivity contribution in [3.63, 3.8) is 0 Å². The average molecular weight is 424 g/mol. The first-order valence-corrected chi connectivity index (χ1v) is 10.6. The lowest BCUT2D eigenvalue weighted by Gasteiger charge is -2.11. The molecule has 0 radical (unpaired) electrons. The Labute approximate surface area is 176 Å². The number of benzene rings is 2. The smallest absolute Gasteiger partial charge is 0.251 e. The number of aromatic nitrogens is 1. The zero-order valence-electron chi connectivity index (χ0n) is 16.1. The fourth-order valence-corrected chi connectivity index (χ4v) is 4.60. The number of anilines is 2. The van der Waals surface area contributed by atoms with Gasteiger partial charge in [0.05, 0.1) is 16.8 Å². The molecule has 0 unspecified atom stereocenters. The maximum absolute atomic E-state index is 12.3. The van der Waals surface area contributed by atoms with Crippen molar-refractivity contribution < 1.29 is 19.1 Å². The molecular weight excluding hydrogens is 404 g/mol. The number of fused-ring (bicyclic) bond motifs is 2. The van der Waals surface area contributed by atoms with Gasteiger partial charge >= 0.3 is 0 Å². The molecule has 0 spiro atoms. The molecule has 30 heavy (non-hydrogen) atoms. The van der Waals surface area contributed by atoms with E-state index in [0.717, 1.165) is 28.4 Å². The summed E-state index contributed by atoms with van der Waals surface area (Å²) in [5.74, 6) is 0.484. The topological polar surface area (TPSA) is 92.8 Å². The van der Waals surface area contributed by atoms with E-state index in [1.54, 1.807) is 29.5 Å². The van der Waals surface area contributed by atoms with Gasteiger partial charge in [0.1, 0.15) is 0 Å². The molecule has 2 N–H and O–H groups in total. The Bertz CT molecular complexity index is 1120. The molecule has 1 fully saturated rings. The van der Waals surface area contributed by atoms with Crippen LogP contribution >= 0.6 is 11.3 Å². The number of hydrogen-bond acceptors (Lipinski definition) is 7. The standard InChI is InChI=1S/C21H20N4O4S/c26-19(11-22-20(27)13-3-6-16-17(9-13)29-12-28-16)23-14-4-5-15-18(10-14)30-21(24-15)25-7-1-2-8-25/h3-6,9-10H,1-2,7-8,11-12H2,(H,22,27)(H,23,26). The van der Waals surface area contributed by atoms with Crippen molar-refractivity contribution in [1.29, 1.82) is 0 Å². The first kappa shape index (κ1) is 18.7. The Morgan fingerprint density at radius 3 is 2.77 bits per heavy atom. The van der Waals surface area contributed by atoms with Crippen molar-refractivity contribution in [2.75, 3.05) is 36.6 Å². The Balaban J connectivity index is 1.19. The van der Waals surface area contributed by atoms with E-state index in [0.29, 0.717) is 22.7 Å². The summed E-state index contributed by atoms with van der Waals surface area (Å²) in [6.07, 6.45) is 2.41. The van der Waals surface area contributed by atoms with E-state index in [4.69, 9.17) is 9.47 Å². The van der Waals surface area contributed by atoms with Crippen molar-refractivity contribution in [1.82, 2.24) is 10.3 Å². The normalized spacial score (nSPS) is 14.9.